The number of alkyl halides is 1. The number of halogens is 4. The van der Waals surface area contributed by atoms with E-state index < -0.39 is 16.7 Å². The van der Waals surface area contributed by atoms with Crippen molar-refractivity contribution in [1.29, 1.82) is 0 Å². The molecule has 0 bridgehead atoms. The van der Waals surface area contributed by atoms with E-state index in [4.69, 9.17) is 23.2 Å². The van der Waals surface area contributed by atoms with Crippen LogP contribution in [0.15, 0.2) is 12.1 Å². The summed E-state index contributed by atoms with van der Waals surface area (Å²) in [6, 6.07) is 2.28. The second-order valence-corrected chi connectivity index (χ2v) is 2.80. The number of hydrogen-bond acceptors (Lipinski definition) is 0. The van der Waals surface area contributed by atoms with E-state index in [-0.39, 0.29) is 11.4 Å². The molecule has 13 heavy (non-hydrogen) atoms. The van der Waals surface area contributed by atoms with E-state index in [0.29, 0.717) is 0 Å². The lowest BCUT2D eigenvalue weighted by molar-refractivity contribution is 0.582. The molecule has 0 saturated carbocycles. The van der Waals surface area contributed by atoms with Gasteiger partial charge in [-0.3, -0.25) is 0 Å². The van der Waals surface area contributed by atoms with Crippen molar-refractivity contribution in [3.8, 4) is 11.8 Å². The van der Waals surface area contributed by atoms with Crippen molar-refractivity contribution in [2.24, 2.45) is 0 Å². The fourth-order valence-corrected chi connectivity index (χ4v) is 0.983. The quantitative estimate of drug-likeness (QED) is 0.358. The van der Waals surface area contributed by atoms with Crippen molar-refractivity contribution in [1.82, 2.24) is 0 Å². The van der Waals surface area contributed by atoms with Crippen molar-refractivity contribution >= 4 is 23.2 Å². The Labute approximate surface area is 84.5 Å². The molecular weight excluding hydrogens is 217 g/mol. The van der Waals surface area contributed by atoms with Gasteiger partial charge in [0.05, 0.1) is 11.4 Å². The summed E-state index contributed by atoms with van der Waals surface area (Å²) in [4.78, 5) is 0. The molecule has 0 saturated heterocycles. The highest BCUT2D eigenvalue weighted by Crippen LogP contribution is 2.20. The summed E-state index contributed by atoms with van der Waals surface area (Å²) < 4.78 is 25.7. The second-order valence-electron chi connectivity index (χ2n) is 2.16. The van der Waals surface area contributed by atoms with Crippen molar-refractivity contribution < 1.29 is 8.78 Å². The van der Waals surface area contributed by atoms with Crippen LogP contribution < -0.4 is 0 Å². The third-order valence-corrected chi connectivity index (χ3v) is 1.81. The first kappa shape index (κ1) is 10.3. The Balaban J connectivity index is 3.18. The first-order chi connectivity index (χ1) is 6.16. The van der Waals surface area contributed by atoms with E-state index >= 15 is 0 Å². The van der Waals surface area contributed by atoms with Crippen LogP contribution >= 0.6 is 23.2 Å². The lowest BCUT2D eigenvalue weighted by Crippen LogP contribution is -1.88. The lowest BCUT2D eigenvalue weighted by Gasteiger charge is -1.97. The molecule has 0 nitrogen and oxygen atoms in total. The van der Waals surface area contributed by atoms with Gasteiger partial charge in [0.15, 0.2) is 5.82 Å². The van der Waals surface area contributed by atoms with Gasteiger partial charge in [0.2, 0.25) is 0 Å². The van der Waals surface area contributed by atoms with Crippen LogP contribution in [0.25, 0.3) is 0 Å². The molecule has 1 aromatic rings. The van der Waals surface area contributed by atoms with Crippen molar-refractivity contribution in [3.05, 3.63) is 34.4 Å². The van der Waals surface area contributed by atoms with Crippen LogP contribution in [0.2, 0.25) is 5.02 Å². The fraction of sp³-hybridized carbons (Fsp3) is 0.111. The highest BCUT2D eigenvalue weighted by Gasteiger charge is 2.09. The predicted molar refractivity (Wildman–Crippen MR) is 49.0 cm³/mol. The molecule has 0 heterocycles. The molecule has 0 radical (unpaired) electrons. The molecule has 0 aliphatic heterocycles. The minimum Gasteiger partial charge on any atom is -0.205 e. The molecule has 0 aliphatic carbocycles. The van der Waals surface area contributed by atoms with E-state index in [0.717, 1.165) is 6.07 Å². The minimum absolute atomic E-state index is 0.0482. The summed E-state index contributed by atoms with van der Waals surface area (Å²) in [5.41, 5.74) is 0.0482. The van der Waals surface area contributed by atoms with Gasteiger partial charge in [-0.1, -0.05) is 23.4 Å². The van der Waals surface area contributed by atoms with Crippen LogP contribution in [0, 0.1) is 23.5 Å². The SMILES string of the molecule is Fc1ccc(C#CCCl)c(F)c1Cl. The average Bonchev–Trinajstić information content (AvgIpc) is 2.13. The first-order valence-corrected chi connectivity index (χ1v) is 4.26. The van der Waals surface area contributed by atoms with Gasteiger partial charge in [0, 0.05) is 0 Å². The van der Waals surface area contributed by atoms with E-state index in [1.165, 1.54) is 6.07 Å². The Kier molecular flexibility index (Phi) is 3.53. The van der Waals surface area contributed by atoms with Gasteiger partial charge in [-0.2, -0.15) is 0 Å². The molecule has 4 heteroatoms. The summed E-state index contributed by atoms with van der Waals surface area (Å²) in [7, 11) is 0. The van der Waals surface area contributed by atoms with Gasteiger partial charge in [-0.25, -0.2) is 8.78 Å². The molecule has 0 atom stereocenters. The van der Waals surface area contributed by atoms with Gasteiger partial charge < -0.3 is 0 Å². The number of benzene rings is 1. The van der Waals surface area contributed by atoms with Crippen LogP contribution in [-0.4, -0.2) is 5.88 Å². The van der Waals surface area contributed by atoms with Crippen molar-refractivity contribution in [2.45, 2.75) is 0 Å². The monoisotopic (exact) mass is 220 g/mol. The third-order valence-electron chi connectivity index (χ3n) is 1.33. The predicted octanol–water partition coefficient (Wildman–Crippen LogP) is 3.21. The summed E-state index contributed by atoms with van der Waals surface area (Å²) in [5, 5.41) is -0.540. The first-order valence-electron chi connectivity index (χ1n) is 3.35. The Hall–Kier alpha value is -0.780. The zero-order valence-corrected chi connectivity index (χ0v) is 7.89. The zero-order chi connectivity index (χ0) is 9.84. The Morgan fingerprint density at radius 1 is 1.31 bits per heavy atom. The standard InChI is InChI=1S/C9H4Cl2F2/c10-5-1-2-6-3-4-7(12)8(11)9(6)13/h3-4H,5H2. The van der Waals surface area contributed by atoms with Crippen molar-refractivity contribution in [3.63, 3.8) is 0 Å². The molecule has 0 amide bonds. The van der Waals surface area contributed by atoms with Gasteiger partial charge in [0.25, 0.3) is 0 Å². The topological polar surface area (TPSA) is 0 Å². The largest absolute Gasteiger partial charge is 0.205 e. The Morgan fingerprint density at radius 3 is 2.62 bits per heavy atom. The van der Waals surface area contributed by atoms with E-state index in [1.54, 1.807) is 0 Å². The van der Waals surface area contributed by atoms with Gasteiger partial charge in [-0.15, -0.1) is 11.6 Å². The summed E-state index contributed by atoms with van der Waals surface area (Å²) in [6.07, 6.45) is 0. The molecule has 0 fully saturated rings. The van der Waals surface area contributed by atoms with Gasteiger partial charge in [-0.05, 0) is 12.1 Å². The molecule has 0 aromatic heterocycles. The molecule has 1 aromatic carbocycles. The number of rotatable bonds is 0. The van der Waals surface area contributed by atoms with E-state index in [2.05, 4.69) is 11.8 Å². The average molecular weight is 221 g/mol. The highest BCUT2D eigenvalue weighted by atomic mass is 35.5. The molecular formula is C9H4Cl2F2. The second kappa shape index (κ2) is 4.45. The highest BCUT2D eigenvalue weighted by molar-refractivity contribution is 6.31. The molecule has 0 N–H and O–H groups in total. The van der Waals surface area contributed by atoms with E-state index in [9.17, 15) is 8.78 Å². The van der Waals surface area contributed by atoms with Crippen molar-refractivity contribution in [2.75, 3.05) is 5.88 Å². The molecule has 0 unspecified atom stereocenters. The van der Waals surface area contributed by atoms with Crippen LogP contribution in [0.5, 0.6) is 0 Å². The lowest BCUT2D eigenvalue weighted by atomic mass is 10.2. The number of hydrogen-bond donors (Lipinski definition) is 0. The fourth-order valence-electron chi connectivity index (χ4n) is 0.751. The maximum Gasteiger partial charge on any atom is 0.160 e. The smallest absolute Gasteiger partial charge is 0.160 e. The summed E-state index contributed by atoms with van der Waals surface area (Å²) >= 11 is 10.6. The summed E-state index contributed by atoms with van der Waals surface area (Å²) in [5.74, 6) is 3.32. The molecule has 0 aliphatic rings. The van der Waals surface area contributed by atoms with Crippen LogP contribution in [0.4, 0.5) is 8.78 Å². The molecule has 1 rings (SSSR count). The van der Waals surface area contributed by atoms with Crippen LogP contribution in [-0.2, 0) is 0 Å². The van der Waals surface area contributed by atoms with E-state index in [1.807, 2.05) is 0 Å². The Bertz CT molecular complexity index is 377. The summed E-state index contributed by atoms with van der Waals surface area (Å²) in [6.45, 7) is 0. The normalized spacial score (nSPS) is 9.23. The zero-order valence-electron chi connectivity index (χ0n) is 6.37. The Morgan fingerprint density at radius 2 is 2.00 bits per heavy atom. The minimum atomic E-state index is -0.848. The van der Waals surface area contributed by atoms with Gasteiger partial charge >= 0.3 is 0 Å². The maximum absolute atomic E-state index is 13.1. The van der Waals surface area contributed by atoms with Gasteiger partial charge in [0.1, 0.15) is 10.8 Å². The maximum atomic E-state index is 13.1. The molecule has 0 spiro atoms. The third kappa shape index (κ3) is 2.33. The van der Waals surface area contributed by atoms with Crippen LogP contribution in [0.1, 0.15) is 5.56 Å². The molecule has 68 valence electrons. The van der Waals surface area contributed by atoms with Crippen LogP contribution in [0.3, 0.4) is 0 Å².